The highest BCUT2D eigenvalue weighted by atomic mass is 32.9. The summed E-state index contributed by atoms with van der Waals surface area (Å²) in [4.78, 5) is 12.9. The minimum Gasteiger partial charge on any atom is -0.411 e. The van der Waals surface area contributed by atoms with E-state index >= 15 is 0 Å². The average Bonchev–Trinajstić information content (AvgIpc) is 3.49. The Morgan fingerprint density at radius 3 is 2.77 bits per heavy atom. The van der Waals surface area contributed by atoms with Gasteiger partial charge in [0.1, 0.15) is 24.2 Å². The van der Waals surface area contributed by atoms with E-state index in [1.54, 1.807) is 17.7 Å². The van der Waals surface area contributed by atoms with E-state index in [0.717, 1.165) is 19.3 Å². The van der Waals surface area contributed by atoms with E-state index in [2.05, 4.69) is 69.2 Å². The molecule has 2 aliphatic heterocycles. The van der Waals surface area contributed by atoms with Crippen molar-refractivity contribution < 1.29 is 18.2 Å². The van der Waals surface area contributed by atoms with Crippen molar-refractivity contribution in [3.63, 3.8) is 0 Å². The molecule has 2 aromatic rings. The van der Waals surface area contributed by atoms with Crippen molar-refractivity contribution in [1.82, 2.24) is 19.5 Å². The van der Waals surface area contributed by atoms with Crippen molar-refractivity contribution in [3.8, 4) is 0 Å². The lowest BCUT2D eigenvalue weighted by molar-refractivity contribution is -0.0367. The van der Waals surface area contributed by atoms with E-state index in [1.165, 1.54) is 11.9 Å². The van der Waals surface area contributed by atoms with Crippen molar-refractivity contribution >= 4 is 54.2 Å². The molecule has 4 heterocycles. The Bertz CT molecular complexity index is 1300. The molecule has 13 heteroatoms. The number of fused-ring (bicyclic) bond motifs is 2. The van der Waals surface area contributed by atoms with E-state index in [-0.39, 0.29) is 34.3 Å². The summed E-state index contributed by atoms with van der Waals surface area (Å²) in [5.74, 6) is 0.831. The van der Waals surface area contributed by atoms with Gasteiger partial charge < -0.3 is 23.9 Å². The lowest BCUT2D eigenvalue weighted by atomic mass is 9.77. The van der Waals surface area contributed by atoms with Gasteiger partial charge in [0, 0.05) is 11.2 Å². The Kier molecular flexibility index (Phi) is 7.94. The van der Waals surface area contributed by atoms with Gasteiger partial charge in [-0.1, -0.05) is 44.3 Å². The highest BCUT2D eigenvalue weighted by molar-refractivity contribution is 8.68. The first-order valence-electron chi connectivity index (χ1n) is 13.7. The van der Waals surface area contributed by atoms with Crippen LogP contribution in [0.4, 0.5) is 5.82 Å². The molecule has 0 bridgehead atoms. The molecular weight excluding hydrogens is 570 g/mol. The van der Waals surface area contributed by atoms with Crippen LogP contribution in [0.3, 0.4) is 0 Å². The second-order valence-corrected chi connectivity index (χ2v) is 24.3. The molecule has 5 rings (SSSR count). The first-order chi connectivity index (χ1) is 18.1. The molecule has 0 amide bonds. The molecule has 3 aliphatic rings. The van der Waals surface area contributed by atoms with Crippen LogP contribution in [0.2, 0.25) is 18.1 Å². The van der Waals surface area contributed by atoms with Gasteiger partial charge in [-0.05, 0) is 69.0 Å². The van der Waals surface area contributed by atoms with Gasteiger partial charge in [0.2, 0.25) is 5.69 Å². The highest BCUT2D eigenvalue weighted by Crippen LogP contribution is 2.75. The van der Waals surface area contributed by atoms with Gasteiger partial charge in [-0.3, -0.25) is 4.57 Å². The first kappa shape index (κ1) is 29.6. The summed E-state index contributed by atoms with van der Waals surface area (Å²) in [6, 6.07) is 0. The summed E-state index contributed by atoms with van der Waals surface area (Å²) >= 11 is 7.80. The van der Waals surface area contributed by atoms with Crippen LogP contribution in [-0.4, -0.2) is 57.5 Å². The number of rotatable bonds is 7. The van der Waals surface area contributed by atoms with Crippen molar-refractivity contribution in [3.05, 3.63) is 24.8 Å². The molecule has 0 aromatic carbocycles. The third kappa shape index (κ3) is 5.77. The quantitative estimate of drug-likeness (QED) is 0.209. The molecule has 3 fully saturated rings. The fraction of sp³-hybridized carbons (Fsp3) is 0.731. The predicted octanol–water partition coefficient (Wildman–Crippen LogP) is 6.59. The number of anilines is 1. The maximum absolute atomic E-state index is 6.91. The summed E-state index contributed by atoms with van der Waals surface area (Å²) in [7, 11) is -2.09. The van der Waals surface area contributed by atoms with Crippen LogP contribution >= 0.6 is 17.1 Å². The maximum atomic E-state index is 6.91. The zero-order chi connectivity index (χ0) is 28.4. The molecule has 9 nitrogen and oxygen atoms in total. The number of hydrogen-bond donors (Lipinski definition) is 1. The van der Waals surface area contributed by atoms with E-state index in [9.17, 15) is 0 Å². The number of imidazole rings is 1. The molecule has 2 saturated heterocycles. The smallest absolute Gasteiger partial charge is 0.248 e. The predicted molar refractivity (Wildman–Crippen MR) is 164 cm³/mol. The maximum Gasteiger partial charge on any atom is 0.248 e. The number of ether oxygens (including phenoxy) is 1. The molecule has 7 atom stereocenters. The number of nitrogen functional groups attached to an aromatic ring is 1. The minimum absolute atomic E-state index is 0.0209. The van der Waals surface area contributed by atoms with Crippen molar-refractivity contribution in [2.45, 2.75) is 108 Å². The molecule has 2 aromatic heterocycles. The summed E-state index contributed by atoms with van der Waals surface area (Å²) in [6.07, 6.45) is 6.25. The SMILES string of the molecule is C=C(C)[C@@H]1CC[C@]2(C)S[P@@](=S)(OC[C@H]3O[C@@H](n4cnc5c(N)ncnc54)CC3O[Si](C)(C)C(C)(C)C)O[C@H]2C1. The number of nitrogens with two attached hydrogens (primary N) is 1. The van der Waals surface area contributed by atoms with Crippen LogP contribution in [0.15, 0.2) is 24.8 Å². The summed E-state index contributed by atoms with van der Waals surface area (Å²) in [5.41, 5.74) is 5.93. The number of allylic oxidation sites excluding steroid dienone is 1. The number of nitrogens with zero attached hydrogens (tertiary/aromatic N) is 4. The van der Waals surface area contributed by atoms with Crippen LogP contribution in [0, 0.1) is 5.92 Å². The third-order valence-corrected chi connectivity index (χ3v) is 19.3. The normalized spacial score (nSPS) is 35.4. The largest absolute Gasteiger partial charge is 0.411 e. The molecular formula is C26H42N5O4PS2Si. The van der Waals surface area contributed by atoms with Gasteiger partial charge >= 0.3 is 0 Å². The van der Waals surface area contributed by atoms with E-state index < -0.39 is 14.0 Å². The standard InChI is InChI=1S/C26H42N5O4PS2Si/c1-16(2)17-9-10-26(6)20(11-17)34-36(37,38-26)32-13-19-18(35-39(7,8)25(3,4)5)12-21(33-19)31-15-30-22-23(27)28-14-29-24(22)31/h14-15,17-21H,1,9-13H2,2-8H3,(H2,27,28,29)/t17-,18?,19-,20+,21-,26+,36+/m1/s1. The minimum atomic E-state index is -2.55. The van der Waals surface area contributed by atoms with Gasteiger partial charge in [0.25, 0.3) is 0 Å². The second-order valence-electron chi connectivity index (χ2n) is 12.9. The van der Waals surface area contributed by atoms with Gasteiger partial charge in [-0.2, -0.15) is 0 Å². The molecule has 216 valence electrons. The van der Waals surface area contributed by atoms with Gasteiger partial charge in [0.05, 0.1) is 25.1 Å². The Morgan fingerprint density at radius 1 is 1.33 bits per heavy atom. The van der Waals surface area contributed by atoms with Crippen molar-refractivity contribution in [2.24, 2.45) is 5.92 Å². The highest BCUT2D eigenvalue weighted by Gasteiger charge is 2.54. The second kappa shape index (κ2) is 10.5. The molecule has 0 spiro atoms. The van der Waals surface area contributed by atoms with E-state index in [4.69, 9.17) is 35.8 Å². The molecule has 1 aliphatic carbocycles. The summed E-state index contributed by atoms with van der Waals surface area (Å²) < 4.78 is 28.5. The monoisotopic (exact) mass is 611 g/mol. The average molecular weight is 612 g/mol. The molecule has 39 heavy (non-hydrogen) atoms. The molecule has 1 saturated carbocycles. The Balaban J connectivity index is 1.34. The molecule has 0 radical (unpaired) electrons. The van der Waals surface area contributed by atoms with Gasteiger partial charge in [-0.15, -0.1) is 0 Å². The zero-order valence-corrected chi connectivity index (χ0v) is 27.6. The van der Waals surface area contributed by atoms with Crippen LogP contribution in [-0.2, 0) is 30.0 Å². The topological polar surface area (TPSA) is 107 Å². The van der Waals surface area contributed by atoms with Crippen LogP contribution < -0.4 is 5.73 Å². The first-order valence-corrected chi connectivity index (χ1v) is 20.6. The number of hydrogen-bond acceptors (Lipinski definition) is 10. The number of aromatic nitrogens is 4. The van der Waals surface area contributed by atoms with Crippen molar-refractivity contribution in [1.29, 1.82) is 0 Å². The lowest BCUT2D eigenvalue weighted by Crippen LogP contribution is -2.46. The Labute approximate surface area is 242 Å². The molecule has 2 N–H and O–H groups in total. The van der Waals surface area contributed by atoms with E-state index in [0.29, 0.717) is 35.9 Å². The van der Waals surface area contributed by atoms with Crippen molar-refractivity contribution in [2.75, 3.05) is 12.3 Å². The lowest BCUT2D eigenvalue weighted by Gasteiger charge is -2.39. The summed E-state index contributed by atoms with van der Waals surface area (Å²) in [5, 5.41) is 0.0562. The zero-order valence-electron chi connectivity index (χ0n) is 24.0. The third-order valence-electron chi connectivity index (χ3n) is 8.97. The van der Waals surface area contributed by atoms with Crippen LogP contribution in [0.1, 0.15) is 66.5 Å². The fourth-order valence-corrected chi connectivity index (χ4v) is 13.9. The summed E-state index contributed by atoms with van der Waals surface area (Å²) in [6.45, 7) is 20.2. The van der Waals surface area contributed by atoms with Gasteiger partial charge in [0.15, 0.2) is 19.8 Å². The van der Waals surface area contributed by atoms with Crippen LogP contribution in [0.5, 0.6) is 0 Å². The van der Waals surface area contributed by atoms with E-state index in [1.807, 2.05) is 4.57 Å². The van der Waals surface area contributed by atoms with Gasteiger partial charge in [-0.25, -0.2) is 15.0 Å². The fourth-order valence-electron chi connectivity index (χ4n) is 5.39. The molecule has 1 unspecified atom stereocenters. The van der Waals surface area contributed by atoms with Crippen LogP contribution in [0.25, 0.3) is 11.2 Å². The Morgan fingerprint density at radius 2 is 2.08 bits per heavy atom. The Hall–Kier alpha value is -0.853.